The lowest BCUT2D eigenvalue weighted by Crippen LogP contribution is -2.44. The van der Waals surface area contributed by atoms with E-state index in [0.717, 1.165) is 27.8 Å². The smallest absolute Gasteiger partial charge is 0.243 e. The molecule has 0 aliphatic carbocycles. The van der Waals surface area contributed by atoms with E-state index in [1.165, 1.54) is 27.8 Å². The molecule has 0 N–H and O–H groups in total. The summed E-state index contributed by atoms with van der Waals surface area (Å²) in [6, 6.07) is 22.2. The molecule has 1 aliphatic rings. The fourth-order valence-corrected chi connectivity index (χ4v) is 7.33. The number of carbonyl (C=O) groups excluding carboxylic acids is 1. The topological polar surface area (TPSA) is 70.6 Å². The lowest BCUT2D eigenvalue weighted by molar-refractivity contribution is -0.123. The van der Waals surface area contributed by atoms with Crippen LogP contribution in [-0.4, -0.2) is 36.7 Å². The number of carbonyl (C=O) groups is 1. The van der Waals surface area contributed by atoms with E-state index in [0.29, 0.717) is 42.6 Å². The highest BCUT2D eigenvalue weighted by Gasteiger charge is 2.35. The average molecular weight is 554 g/mol. The highest BCUT2D eigenvalue weighted by Crippen LogP contribution is 2.34. The van der Waals surface area contributed by atoms with Gasteiger partial charge in [-0.05, 0) is 60.7 Å². The molecule has 1 aliphatic heterocycles. The van der Waals surface area contributed by atoms with Crippen LogP contribution in [0.4, 0.5) is 5.13 Å². The molecule has 2 heterocycles. The van der Waals surface area contributed by atoms with Crippen LogP contribution in [0, 0.1) is 5.92 Å². The van der Waals surface area contributed by atoms with E-state index in [9.17, 15) is 13.2 Å². The molecular formula is C28H28ClN3O3S2. The van der Waals surface area contributed by atoms with Gasteiger partial charge in [-0.2, -0.15) is 4.31 Å². The van der Waals surface area contributed by atoms with Gasteiger partial charge in [0.25, 0.3) is 0 Å². The van der Waals surface area contributed by atoms with E-state index in [4.69, 9.17) is 16.6 Å². The molecule has 9 heteroatoms. The zero-order valence-electron chi connectivity index (χ0n) is 20.5. The van der Waals surface area contributed by atoms with Gasteiger partial charge in [-0.15, -0.1) is 0 Å². The molecule has 1 aromatic heterocycles. The molecule has 0 radical (unpaired) electrons. The molecule has 3 aromatic carbocycles. The van der Waals surface area contributed by atoms with Gasteiger partial charge in [-0.1, -0.05) is 72.3 Å². The number of anilines is 1. The van der Waals surface area contributed by atoms with Crippen LogP contribution in [0.3, 0.4) is 0 Å². The molecule has 6 nitrogen and oxygen atoms in total. The Balaban J connectivity index is 1.38. The van der Waals surface area contributed by atoms with E-state index >= 15 is 0 Å². The predicted molar refractivity (Wildman–Crippen MR) is 150 cm³/mol. The summed E-state index contributed by atoms with van der Waals surface area (Å²) in [6.45, 7) is 3.11. The van der Waals surface area contributed by atoms with Crippen molar-refractivity contribution in [1.29, 1.82) is 0 Å². The van der Waals surface area contributed by atoms with Gasteiger partial charge in [0.1, 0.15) is 0 Å². The number of nitrogens with zero attached hydrogens (tertiary/aromatic N) is 3. The number of thiazole rings is 1. The van der Waals surface area contributed by atoms with E-state index in [1.54, 1.807) is 17.0 Å². The number of sulfonamides is 1. The number of hydrogen-bond donors (Lipinski definition) is 0. The average Bonchev–Trinajstić information content (AvgIpc) is 3.36. The molecule has 0 saturated carbocycles. The fraction of sp³-hybridized carbons (Fsp3) is 0.286. The molecule has 0 unspecified atom stereocenters. The van der Waals surface area contributed by atoms with Gasteiger partial charge in [-0.3, -0.25) is 9.69 Å². The highest BCUT2D eigenvalue weighted by atomic mass is 35.5. The maximum atomic E-state index is 13.9. The van der Waals surface area contributed by atoms with Crippen molar-refractivity contribution < 1.29 is 13.2 Å². The molecule has 4 aromatic rings. The second-order valence-electron chi connectivity index (χ2n) is 9.16. The SMILES string of the molecule is CCc1cccc2sc(N(Cc3ccccc3)C(=O)C3CCN(S(=O)(=O)c4ccc(Cl)cc4)CC3)nc12. The summed E-state index contributed by atoms with van der Waals surface area (Å²) in [6.07, 6.45) is 1.79. The Hall–Kier alpha value is -2.78. The summed E-state index contributed by atoms with van der Waals surface area (Å²) in [7, 11) is -3.63. The van der Waals surface area contributed by atoms with Crippen molar-refractivity contribution >= 4 is 54.2 Å². The van der Waals surface area contributed by atoms with Gasteiger partial charge in [0.2, 0.25) is 15.9 Å². The fourth-order valence-electron chi connectivity index (χ4n) is 4.72. The summed E-state index contributed by atoms with van der Waals surface area (Å²) in [5.74, 6) is -0.289. The van der Waals surface area contributed by atoms with Gasteiger partial charge in [0.05, 0.1) is 21.7 Å². The van der Waals surface area contributed by atoms with Crippen molar-refractivity contribution in [1.82, 2.24) is 9.29 Å². The van der Waals surface area contributed by atoms with Crippen LogP contribution in [0.2, 0.25) is 5.02 Å². The zero-order chi connectivity index (χ0) is 26.0. The lowest BCUT2D eigenvalue weighted by Gasteiger charge is -2.33. The van der Waals surface area contributed by atoms with Gasteiger partial charge in [-0.25, -0.2) is 13.4 Å². The second kappa shape index (κ2) is 10.9. The number of fused-ring (bicyclic) bond motifs is 1. The van der Waals surface area contributed by atoms with Crippen molar-refractivity contribution in [2.24, 2.45) is 5.92 Å². The number of rotatable bonds is 7. The first-order valence-electron chi connectivity index (χ1n) is 12.4. The first-order valence-corrected chi connectivity index (χ1v) is 15.0. The first-order chi connectivity index (χ1) is 17.9. The number of para-hydroxylation sites is 1. The number of amides is 1. The Kier molecular flexibility index (Phi) is 7.62. The van der Waals surface area contributed by atoms with Crippen molar-refractivity contribution in [2.75, 3.05) is 18.0 Å². The zero-order valence-corrected chi connectivity index (χ0v) is 22.9. The van der Waals surface area contributed by atoms with Crippen molar-refractivity contribution in [3.05, 3.63) is 88.9 Å². The van der Waals surface area contributed by atoms with E-state index in [1.807, 2.05) is 42.5 Å². The molecule has 0 bridgehead atoms. The van der Waals surface area contributed by atoms with Gasteiger partial charge in [0.15, 0.2) is 5.13 Å². The summed E-state index contributed by atoms with van der Waals surface area (Å²) in [4.78, 5) is 20.8. The molecule has 1 saturated heterocycles. The van der Waals surface area contributed by atoms with Crippen LogP contribution in [-0.2, 0) is 27.8 Å². The van der Waals surface area contributed by atoms with Crippen molar-refractivity contribution in [2.45, 2.75) is 37.6 Å². The molecule has 0 spiro atoms. The minimum atomic E-state index is -3.63. The van der Waals surface area contributed by atoms with Crippen LogP contribution >= 0.6 is 22.9 Å². The monoisotopic (exact) mass is 553 g/mol. The van der Waals surface area contributed by atoms with Crippen LogP contribution < -0.4 is 4.90 Å². The molecule has 192 valence electrons. The maximum Gasteiger partial charge on any atom is 0.243 e. The Morgan fingerprint density at radius 3 is 2.41 bits per heavy atom. The minimum Gasteiger partial charge on any atom is -0.283 e. The van der Waals surface area contributed by atoms with Crippen LogP contribution in [0.1, 0.15) is 30.9 Å². The third-order valence-electron chi connectivity index (χ3n) is 6.81. The van der Waals surface area contributed by atoms with Crippen LogP contribution in [0.25, 0.3) is 10.2 Å². The first kappa shape index (κ1) is 25.9. The largest absolute Gasteiger partial charge is 0.283 e. The molecule has 5 rings (SSSR count). The predicted octanol–water partition coefficient (Wildman–Crippen LogP) is 6.15. The number of hydrogen-bond acceptors (Lipinski definition) is 5. The molecule has 37 heavy (non-hydrogen) atoms. The molecule has 1 amide bonds. The van der Waals surface area contributed by atoms with Gasteiger partial charge < -0.3 is 0 Å². The molecule has 0 atom stereocenters. The van der Waals surface area contributed by atoms with E-state index < -0.39 is 10.0 Å². The Bertz CT molecular complexity index is 1500. The summed E-state index contributed by atoms with van der Waals surface area (Å²) < 4.78 is 28.7. The maximum absolute atomic E-state index is 13.9. The van der Waals surface area contributed by atoms with Gasteiger partial charge in [0, 0.05) is 24.0 Å². The quantitative estimate of drug-likeness (QED) is 0.275. The number of aromatic nitrogens is 1. The third-order valence-corrected chi connectivity index (χ3v) is 10.0. The molecular weight excluding hydrogens is 526 g/mol. The lowest BCUT2D eigenvalue weighted by atomic mass is 9.96. The van der Waals surface area contributed by atoms with Crippen LogP contribution in [0.15, 0.2) is 77.7 Å². The highest BCUT2D eigenvalue weighted by molar-refractivity contribution is 7.89. The Morgan fingerprint density at radius 1 is 1.03 bits per heavy atom. The number of piperidine rings is 1. The number of benzene rings is 3. The minimum absolute atomic E-state index is 0.00972. The molecule has 1 fully saturated rings. The Labute approximate surface area is 226 Å². The number of halogens is 1. The Morgan fingerprint density at radius 2 is 1.73 bits per heavy atom. The van der Waals surface area contributed by atoms with Crippen LogP contribution in [0.5, 0.6) is 0 Å². The van der Waals surface area contributed by atoms with E-state index in [2.05, 4.69) is 13.0 Å². The second-order valence-corrected chi connectivity index (χ2v) is 12.5. The summed E-state index contributed by atoms with van der Waals surface area (Å²) >= 11 is 7.45. The van der Waals surface area contributed by atoms with Crippen molar-refractivity contribution in [3.8, 4) is 0 Å². The standard InChI is InChI=1S/C28H28ClN3O3S2/c1-2-21-9-6-10-25-26(21)30-28(36-25)32(19-20-7-4-3-5-8-20)27(33)22-15-17-31(18-16-22)37(34,35)24-13-11-23(29)12-14-24/h3-14,22H,2,15-19H2,1H3. The van der Waals surface area contributed by atoms with E-state index in [-0.39, 0.29) is 16.7 Å². The van der Waals surface area contributed by atoms with Crippen molar-refractivity contribution in [3.63, 3.8) is 0 Å². The summed E-state index contributed by atoms with van der Waals surface area (Å²) in [5, 5.41) is 1.17. The summed E-state index contributed by atoms with van der Waals surface area (Å²) in [5.41, 5.74) is 3.13. The third kappa shape index (κ3) is 5.43. The number of aryl methyl sites for hydroxylation is 1. The normalized spacial score (nSPS) is 15.2. The van der Waals surface area contributed by atoms with Gasteiger partial charge >= 0.3 is 0 Å².